The summed E-state index contributed by atoms with van der Waals surface area (Å²) in [6.07, 6.45) is 1.62. The van der Waals surface area contributed by atoms with Crippen molar-refractivity contribution in [1.29, 1.82) is 0 Å². The summed E-state index contributed by atoms with van der Waals surface area (Å²) < 4.78 is 10.6. The number of likely N-dealkylation sites (tertiary alicyclic amines) is 1. The van der Waals surface area contributed by atoms with E-state index in [0.29, 0.717) is 19.8 Å². The molecule has 4 aromatic carbocycles. The fourth-order valence-corrected chi connectivity index (χ4v) is 5.62. The summed E-state index contributed by atoms with van der Waals surface area (Å²) >= 11 is 6.55. The predicted octanol–water partition coefficient (Wildman–Crippen LogP) is 7.43. The summed E-state index contributed by atoms with van der Waals surface area (Å²) in [6, 6.07) is 39.6. The molecule has 5 rings (SSSR count). The highest BCUT2D eigenvalue weighted by Crippen LogP contribution is 2.22. The molecule has 1 saturated heterocycles. The number of halogens is 2. The van der Waals surface area contributed by atoms with Crippen LogP contribution in [-0.2, 0) is 45.4 Å². The zero-order chi connectivity index (χ0) is 31.4. The first-order chi connectivity index (χ1) is 21.5. The van der Waals surface area contributed by atoms with E-state index in [4.69, 9.17) is 15.2 Å². The Labute approximate surface area is 277 Å². The van der Waals surface area contributed by atoms with Crippen molar-refractivity contribution in [2.75, 3.05) is 11.9 Å². The lowest BCUT2D eigenvalue weighted by atomic mass is 10.0. The van der Waals surface area contributed by atoms with E-state index >= 15 is 0 Å². The van der Waals surface area contributed by atoms with Gasteiger partial charge in [0.25, 0.3) is 0 Å². The molecule has 0 aliphatic carbocycles. The van der Waals surface area contributed by atoms with Crippen LogP contribution in [0.15, 0.2) is 121 Å². The van der Waals surface area contributed by atoms with E-state index in [-0.39, 0.29) is 22.8 Å². The molecule has 6 nitrogen and oxygen atoms in total. The monoisotopic (exact) mass is 722 g/mol. The molecule has 0 amide bonds. The van der Waals surface area contributed by atoms with E-state index in [1.807, 2.05) is 109 Å². The lowest BCUT2D eigenvalue weighted by Gasteiger charge is -2.39. The van der Waals surface area contributed by atoms with Gasteiger partial charge < -0.3 is 15.2 Å². The normalized spacial score (nSPS) is 14.4. The molecule has 2 unspecified atom stereocenters. The molecular formula is C36H40Br2N2O4. The number of ether oxygens (including phenoxy) is 2. The van der Waals surface area contributed by atoms with E-state index in [2.05, 4.69) is 48.9 Å². The van der Waals surface area contributed by atoms with Crippen LogP contribution in [0.25, 0.3) is 0 Å². The molecule has 1 heterocycles. The minimum atomic E-state index is -0.222. The van der Waals surface area contributed by atoms with Gasteiger partial charge in [0.1, 0.15) is 24.1 Å². The molecule has 2 N–H and O–H groups in total. The number of nitrogens with two attached hydrogens (primary N) is 1. The average molecular weight is 725 g/mol. The number of alkyl halides is 2. The summed E-state index contributed by atoms with van der Waals surface area (Å²) in [5, 5.41) is 0.781. The van der Waals surface area contributed by atoms with E-state index in [0.717, 1.165) is 42.4 Å². The lowest BCUT2D eigenvalue weighted by molar-refractivity contribution is -0.156. The second kappa shape index (κ2) is 20.6. The van der Waals surface area contributed by atoms with Gasteiger partial charge in [0.2, 0.25) is 0 Å². The van der Waals surface area contributed by atoms with Crippen LogP contribution in [0.1, 0.15) is 35.1 Å². The number of hydrogen-bond donors (Lipinski definition) is 1. The first-order valence-corrected chi connectivity index (χ1v) is 16.7. The number of esters is 2. The van der Waals surface area contributed by atoms with Crippen molar-refractivity contribution in [3.8, 4) is 0 Å². The zero-order valence-electron chi connectivity index (χ0n) is 24.8. The summed E-state index contributed by atoms with van der Waals surface area (Å²) in [5.74, 6) is -0.320. The predicted molar refractivity (Wildman–Crippen MR) is 183 cm³/mol. The highest BCUT2D eigenvalue weighted by atomic mass is 79.9. The Morgan fingerprint density at radius 3 is 1.59 bits per heavy atom. The second-order valence-electron chi connectivity index (χ2n) is 10.1. The Kier molecular flexibility index (Phi) is 16.5. The third-order valence-electron chi connectivity index (χ3n) is 6.78. The van der Waals surface area contributed by atoms with Gasteiger partial charge in [0.05, 0.1) is 0 Å². The van der Waals surface area contributed by atoms with Crippen LogP contribution >= 0.6 is 31.9 Å². The molecule has 0 radical (unpaired) electrons. The van der Waals surface area contributed by atoms with Crippen LogP contribution in [0, 0.1) is 0 Å². The molecule has 2 atom stereocenters. The molecular weight excluding hydrogens is 684 g/mol. The largest absolute Gasteiger partial charge is 0.460 e. The van der Waals surface area contributed by atoms with E-state index in [1.165, 1.54) is 11.1 Å². The van der Waals surface area contributed by atoms with Crippen LogP contribution in [0.4, 0.5) is 0 Å². The number of hydrogen-bond acceptors (Lipinski definition) is 6. The van der Waals surface area contributed by atoms with Crippen LogP contribution in [0.2, 0.25) is 0 Å². The van der Waals surface area contributed by atoms with Gasteiger partial charge in [0.15, 0.2) is 0 Å². The van der Waals surface area contributed by atoms with Crippen molar-refractivity contribution in [2.45, 2.75) is 50.0 Å². The summed E-state index contributed by atoms with van der Waals surface area (Å²) in [5.41, 5.74) is 9.80. The van der Waals surface area contributed by atoms with Crippen LogP contribution in [0.5, 0.6) is 0 Å². The Morgan fingerprint density at radius 1 is 0.727 bits per heavy atom. The van der Waals surface area contributed by atoms with Gasteiger partial charge in [0, 0.05) is 25.0 Å². The van der Waals surface area contributed by atoms with Gasteiger partial charge >= 0.3 is 11.9 Å². The molecule has 44 heavy (non-hydrogen) atoms. The topological polar surface area (TPSA) is 81.9 Å². The Balaban J connectivity index is 0.000000200. The lowest BCUT2D eigenvalue weighted by Crippen LogP contribution is -2.52. The van der Waals surface area contributed by atoms with Crippen LogP contribution in [0.3, 0.4) is 0 Å². The number of benzene rings is 4. The highest BCUT2D eigenvalue weighted by molar-refractivity contribution is 9.10. The van der Waals surface area contributed by atoms with Gasteiger partial charge in [-0.2, -0.15) is 0 Å². The molecule has 8 heteroatoms. The molecule has 0 bridgehead atoms. The van der Waals surface area contributed by atoms with Crippen molar-refractivity contribution < 1.29 is 19.1 Å². The van der Waals surface area contributed by atoms with Crippen LogP contribution in [-0.4, -0.2) is 39.6 Å². The first kappa shape index (κ1) is 35.2. The minimum Gasteiger partial charge on any atom is -0.460 e. The third kappa shape index (κ3) is 13.1. The molecule has 1 fully saturated rings. The number of nitrogens with zero attached hydrogens (tertiary/aromatic N) is 1. The van der Waals surface area contributed by atoms with Crippen molar-refractivity contribution in [3.05, 3.63) is 144 Å². The SMILES string of the molecule is NCc1ccccc1.O=C(OCc1ccccc1)C(Br)CCBr.O=C(OCc1ccccc1)C1CCN1Cc1ccccc1. The Bertz CT molecular complexity index is 1350. The maximum atomic E-state index is 12.1. The first-order valence-electron chi connectivity index (χ1n) is 14.6. The number of carbonyl (C=O) groups is 2. The zero-order valence-corrected chi connectivity index (χ0v) is 27.9. The average Bonchev–Trinajstić information content (AvgIpc) is 3.07. The summed E-state index contributed by atoms with van der Waals surface area (Å²) in [7, 11) is 0. The number of rotatable bonds is 11. The van der Waals surface area contributed by atoms with E-state index < -0.39 is 0 Å². The molecule has 0 saturated carbocycles. The van der Waals surface area contributed by atoms with Crippen molar-refractivity contribution in [1.82, 2.24) is 4.90 Å². The molecule has 1 aliphatic rings. The molecule has 4 aromatic rings. The Hall–Kier alpha value is -3.30. The number of carbonyl (C=O) groups excluding carboxylic acids is 2. The Morgan fingerprint density at radius 2 is 1.18 bits per heavy atom. The highest BCUT2D eigenvalue weighted by Gasteiger charge is 2.35. The molecule has 1 aliphatic heterocycles. The maximum absolute atomic E-state index is 12.1. The van der Waals surface area contributed by atoms with E-state index in [1.54, 1.807) is 0 Å². The van der Waals surface area contributed by atoms with Crippen LogP contribution < -0.4 is 5.73 Å². The standard InChI is InChI=1S/C18H19NO2.C11H12Br2O2.C7H9N/c20-18(21-14-16-9-5-2-6-10-16)17-11-12-19(17)13-15-7-3-1-4-8-15;12-7-6-10(13)11(14)15-8-9-4-2-1-3-5-9;8-6-7-4-2-1-3-5-7/h1-10,17H,11-14H2;1-5,10H,6-8H2;1-5H,6,8H2. The molecule has 0 aromatic heterocycles. The molecule has 0 spiro atoms. The van der Waals surface area contributed by atoms with Gasteiger partial charge in [-0.25, -0.2) is 0 Å². The van der Waals surface area contributed by atoms with Gasteiger partial charge in [-0.05, 0) is 35.1 Å². The molecule has 232 valence electrons. The van der Waals surface area contributed by atoms with Gasteiger partial charge in [-0.1, -0.05) is 153 Å². The van der Waals surface area contributed by atoms with Crippen molar-refractivity contribution >= 4 is 43.8 Å². The van der Waals surface area contributed by atoms with Crippen molar-refractivity contribution in [3.63, 3.8) is 0 Å². The van der Waals surface area contributed by atoms with Gasteiger partial charge in [-0.15, -0.1) is 0 Å². The third-order valence-corrected chi connectivity index (χ3v) is 8.07. The second-order valence-corrected chi connectivity index (χ2v) is 12.0. The quantitative estimate of drug-likeness (QED) is 0.128. The summed E-state index contributed by atoms with van der Waals surface area (Å²) in [4.78, 5) is 25.5. The maximum Gasteiger partial charge on any atom is 0.323 e. The van der Waals surface area contributed by atoms with Gasteiger partial charge in [-0.3, -0.25) is 14.5 Å². The summed E-state index contributed by atoms with van der Waals surface area (Å²) in [6.45, 7) is 3.10. The fourth-order valence-electron chi connectivity index (χ4n) is 4.19. The fraction of sp³-hybridized carbons (Fsp3) is 0.278. The minimum absolute atomic E-state index is 0.0890. The van der Waals surface area contributed by atoms with E-state index in [9.17, 15) is 9.59 Å². The smallest absolute Gasteiger partial charge is 0.323 e. The van der Waals surface area contributed by atoms with Crippen molar-refractivity contribution in [2.24, 2.45) is 5.73 Å².